The van der Waals surface area contributed by atoms with Gasteiger partial charge in [0.05, 0.1) is 5.69 Å². The van der Waals surface area contributed by atoms with Crippen LogP contribution in [-0.4, -0.2) is 46.0 Å². The summed E-state index contributed by atoms with van der Waals surface area (Å²) in [5.41, 5.74) is 2.35. The molecule has 2 bridgehead atoms. The molecule has 2 aliphatic rings. The van der Waals surface area contributed by atoms with E-state index in [1.807, 2.05) is 0 Å². The maximum atomic E-state index is 4.62. The lowest BCUT2D eigenvalue weighted by Crippen LogP contribution is -2.68. The second-order valence-corrected chi connectivity index (χ2v) is 6.03. The largest absolute Gasteiger partial charge is 0.298 e. The SMILES string of the molecule is Cc1cccc(CN2C3CC2CN(C(C)C)C3)n1. The Morgan fingerprint density at radius 3 is 2.61 bits per heavy atom. The van der Waals surface area contributed by atoms with Crippen molar-refractivity contribution in [3.8, 4) is 0 Å². The smallest absolute Gasteiger partial charge is 0.0547 e. The van der Waals surface area contributed by atoms with Crippen molar-refractivity contribution in [2.24, 2.45) is 0 Å². The zero-order chi connectivity index (χ0) is 12.7. The van der Waals surface area contributed by atoms with E-state index < -0.39 is 0 Å². The minimum Gasteiger partial charge on any atom is -0.298 e. The summed E-state index contributed by atoms with van der Waals surface area (Å²) < 4.78 is 0. The second kappa shape index (κ2) is 4.63. The molecular formula is C15H23N3. The minimum atomic E-state index is 0.689. The summed E-state index contributed by atoms with van der Waals surface area (Å²) in [6, 6.07) is 8.55. The van der Waals surface area contributed by atoms with Gasteiger partial charge in [-0.25, -0.2) is 0 Å². The van der Waals surface area contributed by atoms with Gasteiger partial charge in [0.25, 0.3) is 0 Å². The number of aromatic nitrogens is 1. The summed E-state index contributed by atoms with van der Waals surface area (Å²) in [4.78, 5) is 9.87. The minimum absolute atomic E-state index is 0.689. The van der Waals surface area contributed by atoms with Crippen molar-refractivity contribution < 1.29 is 0 Å². The lowest BCUT2D eigenvalue weighted by molar-refractivity contribution is -0.0841. The van der Waals surface area contributed by atoms with E-state index in [9.17, 15) is 0 Å². The first-order valence-corrected chi connectivity index (χ1v) is 7.06. The maximum Gasteiger partial charge on any atom is 0.0547 e. The maximum absolute atomic E-state index is 4.62. The molecule has 1 aromatic heterocycles. The lowest BCUT2D eigenvalue weighted by atomic mass is 9.86. The van der Waals surface area contributed by atoms with E-state index in [2.05, 4.69) is 53.8 Å². The number of rotatable bonds is 3. The first kappa shape index (κ1) is 12.1. The molecule has 0 amide bonds. The van der Waals surface area contributed by atoms with Gasteiger partial charge in [0.15, 0.2) is 0 Å². The Morgan fingerprint density at radius 1 is 1.28 bits per heavy atom. The van der Waals surface area contributed by atoms with Crippen LogP contribution in [0, 0.1) is 6.92 Å². The van der Waals surface area contributed by atoms with Crippen molar-refractivity contribution >= 4 is 0 Å². The van der Waals surface area contributed by atoms with Crippen molar-refractivity contribution in [1.29, 1.82) is 0 Å². The van der Waals surface area contributed by atoms with Gasteiger partial charge in [-0.1, -0.05) is 6.07 Å². The molecule has 0 aliphatic carbocycles. The van der Waals surface area contributed by atoms with Crippen molar-refractivity contribution in [3.63, 3.8) is 0 Å². The average molecular weight is 245 g/mol. The molecule has 2 saturated heterocycles. The predicted molar refractivity (Wildman–Crippen MR) is 73.4 cm³/mol. The number of nitrogens with zero attached hydrogens (tertiary/aromatic N) is 3. The third-order valence-corrected chi connectivity index (χ3v) is 4.39. The van der Waals surface area contributed by atoms with Crippen molar-refractivity contribution in [3.05, 3.63) is 29.6 Å². The fraction of sp³-hybridized carbons (Fsp3) is 0.667. The van der Waals surface area contributed by atoms with Crippen LogP contribution in [0.15, 0.2) is 18.2 Å². The summed E-state index contributed by atoms with van der Waals surface area (Å²) in [6.45, 7) is 10.2. The van der Waals surface area contributed by atoms with Crippen molar-refractivity contribution in [1.82, 2.24) is 14.8 Å². The molecule has 2 aliphatic heterocycles. The van der Waals surface area contributed by atoms with Gasteiger partial charge in [0.1, 0.15) is 0 Å². The molecule has 0 radical (unpaired) electrons. The van der Waals surface area contributed by atoms with E-state index in [1.165, 1.54) is 25.2 Å². The van der Waals surface area contributed by atoms with E-state index in [0.29, 0.717) is 6.04 Å². The van der Waals surface area contributed by atoms with Crippen LogP contribution in [-0.2, 0) is 6.54 Å². The average Bonchev–Trinajstić information content (AvgIpc) is 2.36. The number of aryl methyl sites for hydroxylation is 1. The van der Waals surface area contributed by atoms with Crippen LogP contribution in [0.25, 0.3) is 0 Å². The molecule has 3 heteroatoms. The number of piperidine rings is 1. The standard InChI is InChI=1S/C15H23N3/c1-11(2)17-9-14-7-15(10-17)18(14)8-13-6-4-5-12(3)16-13/h4-6,11,14-15H,7-10H2,1-3H3. The van der Waals surface area contributed by atoms with E-state index in [-0.39, 0.29) is 0 Å². The molecule has 1 aromatic rings. The Hall–Kier alpha value is -0.930. The number of piperazine rings is 1. The number of pyridine rings is 1. The second-order valence-electron chi connectivity index (χ2n) is 6.03. The van der Waals surface area contributed by atoms with E-state index in [1.54, 1.807) is 0 Å². The Labute approximate surface area is 110 Å². The van der Waals surface area contributed by atoms with Gasteiger partial charge in [-0.2, -0.15) is 0 Å². The quantitative estimate of drug-likeness (QED) is 0.812. The van der Waals surface area contributed by atoms with E-state index in [4.69, 9.17) is 0 Å². The van der Waals surface area contributed by atoms with Crippen LogP contribution in [0.3, 0.4) is 0 Å². The summed E-state index contributed by atoms with van der Waals surface area (Å²) in [5.74, 6) is 0. The fourth-order valence-electron chi connectivity index (χ4n) is 3.27. The Morgan fingerprint density at radius 2 is 2.00 bits per heavy atom. The third-order valence-electron chi connectivity index (χ3n) is 4.39. The molecule has 0 aromatic carbocycles. The molecule has 0 saturated carbocycles. The number of likely N-dealkylation sites (tertiary alicyclic amines) is 2. The molecule has 3 rings (SSSR count). The monoisotopic (exact) mass is 245 g/mol. The molecule has 98 valence electrons. The van der Waals surface area contributed by atoms with Crippen LogP contribution in [0.2, 0.25) is 0 Å². The molecular weight excluding hydrogens is 222 g/mol. The summed E-state index contributed by atoms with van der Waals surface area (Å²) in [5, 5.41) is 0. The van der Waals surface area contributed by atoms with Crippen LogP contribution < -0.4 is 0 Å². The zero-order valence-corrected chi connectivity index (χ0v) is 11.6. The van der Waals surface area contributed by atoms with Gasteiger partial charge in [-0.3, -0.25) is 14.8 Å². The molecule has 0 spiro atoms. The zero-order valence-electron chi connectivity index (χ0n) is 11.6. The van der Waals surface area contributed by atoms with Crippen molar-refractivity contribution in [2.75, 3.05) is 13.1 Å². The fourth-order valence-corrected chi connectivity index (χ4v) is 3.27. The van der Waals surface area contributed by atoms with Crippen molar-refractivity contribution in [2.45, 2.75) is 51.9 Å². The van der Waals surface area contributed by atoms with E-state index >= 15 is 0 Å². The Balaban J connectivity index is 1.64. The van der Waals surface area contributed by atoms with Gasteiger partial charge >= 0.3 is 0 Å². The van der Waals surface area contributed by atoms with Gasteiger partial charge in [0, 0.05) is 43.5 Å². The lowest BCUT2D eigenvalue weighted by Gasteiger charge is -2.57. The number of hydrogen-bond donors (Lipinski definition) is 0. The van der Waals surface area contributed by atoms with E-state index in [0.717, 1.165) is 24.3 Å². The molecule has 18 heavy (non-hydrogen) atoms. The molecule has 0 N–H and O–H groups in total. The predicted octanol–water partition coefficient (Wildman–Crippen LogP) is 2.06. The Bertz CT molecular complexity index is 418. The summed E-state index contributed by atoms with van der Waals surface area (Å²) in [7, 11) is 0. The van der Waals surface area contributed by atoms with Gasteiger partial charge < -0.3 is 0 Å². The Kier molecular flexibility index (Phi) is 3.12. The summed E-state index contributed by atoms with van der Waals surface area (Å²) in [6.07, 6.45) is 1.38. The highest BCUT2D eigenvalue weighted by atomic mass is 15.4. The number of fused-ring (bicyclic) bond motifs is 2. The molecule has 3 nitrogen and oxygen atoms in total. The third kappa shape index (κ3) is 2.17. The number of hydrogen-bond acceptors (Lipinski definition) is 3. The van der Waals surface area contributed by atoms with Crippen LogP contribution in [0.1, 0.15) is 31.7 Å². The van der Waals surface area contributed by atoms with Gasteiger partial charge in [0.2, 0.25) is 0 Å². The molecule has 2 unspecified atom stereocenters. The first-order chi connectivity index (χ1) is 8.63. The van der Waals surface area contributed by atoms with Crippen LogP contribution >= 0.6 is 0 Å². The van der Waals surface area contributed by atoms with Crippen LogP contribution in [0.4, 0.5) is 0 Å². The highest BCUT2D eigenvalue weighted by Gasteiger charge is 2.44. The topological polar surface area (TPSA) is 19.4 Å². The van der Waals surface area contributed by atoms with Gasteiger partial charge in [-0.05, 0) is 39.3 Å². The summed E-state index contributed by atoms with van der Waals surface area (Å²) >= 11 is 0. The molecule has 3 heterocycles. The first-order valence-electron chi connectivity index (χ1n) is 7.06. The highest BCUT2D eigenvalue weighted by molar-refractivity contribution is 5.12. The van der Waals surface area contributed by atoms with Gasteiger partial charge in [-0.15, -0.1) is 0 Å². The highest BCUT2D eigenvalue weighted by Crippen LogP contribution is 2.34. The molecule has 2 fully saturated rings. The normalized spacial score (nSPS) is 28.4. The van der Waals surface area contributed by atoms with Crippen LogP contribution in [0.5, 0.6) is 0 Å². The molecule has 2 atom stereocenters.